The molecule has 1 saturated carbocycles. The Kier molecular flexibility index (Phi) is 5.01. The van der Waals surface area contributed by atoms with Crippen LogP contribution in [0, 0.1) is 11.8 Å². The van der Waals surface area contributed by atoms with Crippen molar-refractivity contribution in [2.45, 2.75) is 57.6 Å². The van der Waals surface area contributed by atoms with E-state index in [2.05, 4.69) is 12.2 Å². The van der Waals surface area contributed by atoms with Crippen LogP contribution in [0.25, 0.3) is 0 Å². The highest BCUT2D eigenvalue weighted by atomic mass is 16.5. The molecule has 0 bridgehead atoms. The lowest BCUT2D eigenvalue weighted by molar-refractivity contribution is -0.122. The molecule has 2 rings (SSSR count). The second-order valence-corrected chi connectivity index (χ2v) is 5.91. The standard InChI is InChI=1S/C14H26N2O2/c1-10-12(6-7-18-10)9-16-14(17)8-11-2-4-13(15)5-3-11/h10-13H,2-9,15H2,1H3,(H,16,17). The van der Waals surface area contributed by atoms with Crippen molar-refractivity contribution in [2.24, 2.45) is 17.6 Å². The topological polar surface area (TPSA) is 64.3 Å². The molecule has 1 aliphatic carbocycles. The van der Waals surface area contributed by atoms with E-state index in [0.717, 1.165) is 45.3 Å². The second-order valence-electron chi connectivity index (χ2n) is 5.91. The summed E-state index contributed by atoms with van der Waals surface area (Å²) in [5.41, 5.74) is 5.87. The Labute approximate surface area is 110 Å². The van der Waals surface area contributed by atoms with Gasteiger partial charge < -0.3 is 15.8 Å². The number of ether oxygens (including phenoxy) is 1. The number of hydrogen-bond acceptors (Lipinski definition) is 3. The first-order chi connectivity index (χ1) is 8.65. The Bertz CT molecular complexity index is 275. The summed E-state index contributed by atoms with van der Waals surface area (Å²) in [7, 11) is 0. The molecule has 3 N–H and O–H groups in total. The number of carbonyl (C=O) groups is 1. The van der Waals surface area contributed by atoms with Gasteiger partial charge in [-0.3, -0.25) is 4.79 Å². The van der Waals surface area contributed by atoms with Crippen LogP contribution in [0.4, 0.5) is 0 Å². The van der Waals surface area contributed by atoms with Gasteiger partial charge >= 0.3 is 0 Å². The van der Waals surface area contributed by atoms with Gasteiger partial charge in [-0.2, -0.15) is 0 Å². The lowest BCUT2D eigenvalue weighted by Gasteiger charge is -2.25. The van der Waals surface area contributed by atoms with Gasteiger partial charge in [-0.1, -0.05) is 0 Å². The Hall–Kier alpha value is -0.610. The molecule has 2 atom stereocenters. The first-order valence-corrected chi connectivity index (χ1v) is 7.29. The van der Waals surface area contributed by atoms with Crippen LogP contribution >= 0.6 is 0 Å². The fraction of sp³-hybridized carbons (Fsp3) is 0.929. The van der Waals surface area contributed by atoms with Crippen molar-refractivity contribution in [3.05, 3.63) is 0 Å². The molecule has 1 saturated heterocycles. The van der Waals surface area contributed by atoms with E-state index in [0.29, 0.717) is 24.3 Å². The fourth-order valence-corrected chi connectivity index (χ4v) is 3.02. The summed E-state index contributed by atoms with van der Waals surface area (Å²) in [6.45, 7) is 3.70. The molecule has 104 valence electrons. The minimum atomic E-state index is 0.203. The van der Waals surface area contributed by atoms with E-state index < -0.39 is 0 Å². The predicted octanol–water partition coefficient (Wildman–Crippen LogP) is 1.44. The van der Waals surface area contributed by atoms with Gasteiger partial charge in [-0.15, -0.1) is 0 Å². The van der Waals surface area contributed by atoms with Gasteiger partial charge in [0.2, 0.25) is 5.91 Å². The largest absolute Gasteiger partial charge is 0.378 e. The number of nitrogens with two attached hydrogens (primary N) is 1. The van der Waals surface area contributed by atoms with Crippen LogP contribution in [-0.4, -0.2) is 31.2 Å². The van der Waals surface area contributed by atoms with E-state index >= 15 is 0 Å². The summed E-state index contributed by atoms with van der Waals surface area (Å²) in [5.74, 6) is 1.24. The maximum absolute atomic E-state index is 11.9. The third-order valence-electron chi connectivity index (χ3n) is 4.46. The van der Waals surface area contributed by atoms with Crippen LogP contribution in [0.5, 0.6) is 0 Å². The van der Waals surface area contributed by atoms with Gasteiger partial charge in [0.05, 0.1) is 6.10 Å². The van der Waals surface area contributed by atoms with Crippen molar-refractivity contribution >= 4 is 5.91 Å². The Morgan fingerprint density at radius 2 is 2.00 bits per heavy atom. The summed E-state index contributed by atoms with van der Waals surface area (Å²) in [4.78, 5) is 11.9. The van der Waals surface area contributed by atoms with E-state index in [-0.39, 0.29) is 12.0 Å². The fourth-order valence-electron chi connectivity index (χ4n) is 3.02. The number of amides is 1. The van der Waals surface area contributed by atoms with Gasteiger partial charge in [-0.05, 0) is 44.9 Å². The monoisotopic (exact) mass is 254 g/mol. The molecule has 18 heavy (non-hydrogen) atoms. The highest BCUT2D eigenvalue weighted by molar-refractivity contribution is 5.76. The molecular weight excluding hydrogens is 228 g/mol. The highest BCUT2D eigenvalue weighted by Gasteiger charge is 2.25. The first kappa shape index (κ1) is 13.8. The van der Waals surface area contributed by atoms with Crippen molar-refractivity contribution < 1.29 is 9.53 Å². The van der Waals surface area contributed by atoms with Gasteiger partial charge in [0.25, 0.3) is 0 Å². The molecule has 0 radical (unpaired) electrons. The summed E-state index contributed by atoms with van der Waals surface area (Å²) in [5, 5.41) is 3.06. The van der Waals surface area contributed by atoms with Gasteiger partial charge in [0.1, 0.15) is 0 Å². The SMILES string of the molecule is CC1OCCC1CNC(=O)CC1CCC(N)CC1. The summed E-state index contributed by atoms with van der Waals surface area (Å²) < 4.78 is 5.49. The maximum atomic E-state index is 11.9. The van der Waals surface area contributed by atoms with Crippen molar-refractivity contribution in [1.82, 2.24) is 5.32 Å². The van der Waals surface area contributed by atoms with Crippen LogP contribution in [0.1, 0.15) is 45.4 Å². The molecule has 2 fully saturated rings. The van der Waals surface area contributed by atoms with Crippen LogP contribution in [0.15, 0.2) is 0 Å². The molecule has 1 aliphatic heterocycles. The minimum absolute atomic E-state index is 0.203. The third-order valence-corrected chi connectivity index (χ3v) is 4.46. The molecule has 2 unspecified atom stereocenters. The Balaban J connectivity index is 1.63. The average molecular weight is 254 g/mol. The number of rotatable bonds is 4. The lowest BCUT2D eigenvalue weighted by atomic mass is 9.84. The van der Waals surface area contributed by atoms with Gasteiger partial charge in [-0.25, -0.2) is 0 Å². The van der Waals surface area contributed by atoms with Crippen molar-refractivity contribution in [1.29, 1.82) is 0 Å². The molecule has 0 spiro atoms. The van der Waals surface area contributed by atoms with Crippen LogP contribution in [-0.2, 0) is 9.53 Å². The Morgan fingerprint density at radius 1 is 1.28 bits per heavy atom. The maximum Gasteiger partial charge on any atom is 0.220 e. The Morgan fingerprint density at radius 3 is 2.61 bits per heavy atom. The lowest BCUT2D eigenvalue weighted by Crippen LogP contribution is -2.34. The molecule has 0 aromatic heterocycles. The van der Waals surface area contributed by atoms with Crippen molar-refractivity contribution in [2.75, 3.05) is 13.2 Å². The molecule has 2 aliphatic rings. The second kappa shape index (κ2) is 6.53. The molecule has 0 aromatic rings. The molecule has 4 heteroatoms. The quantitative estimate of drug-likeness (QED) is 0.798. The smallest absolute Gasteiger partial charge is 0.220 e. The summed E-state index contributed by atoms with van der Waals surface area (Å²) in [6.07, 6.45) is 6.40. The molecule has 1 heterocycles. The van der Waals surface area contributed by atoms with Gasteiger partial charge in [0, 0.05) is 31.5 Å². The summed E-state index contributed by atoms with van der Waals surface area (Å²) >= 11 is 0. The third kappa shape index (κ3) is 3.95. The zero-order valence-corrected chi connectivity index (χ0v) is 11.4. The first-order valence-electron chi connectivity index (χ1n) is 7.29. The van der Waals surface area contributed by atoms with Crippen LogP contribution in [0.3, 0.4) is 0 Å². The highest BCUT2D eigenvalue weighted by Crippen LogP contribution is 2.26. The van der Waals surface area contributed by atoms with Crippen molar-refractivity contribution in [3.63, 3.8) is 0 Å². The van der Waals surface area contributed by atoms with Crippen LogP contribution in [0.2, 0.25) is 0 Å². The van der Waals surface area contributed by atoms with Gasteiger partial charge in [0.15, 0.2) is 0 Å². The van der Waals surface area contributed by atoms with E-state index in [1.807, 2.05) is 0 Å². The molecular formula is C14H26N2O2. The molecule has 0 aromatic carbocycles. The normalized spacial score (nSPS) is 36.6. The van der Waals surface area contributed by atoms with E-state index in [9.17, 15) is 4.79 Å². The summed E-state index contributed by atoms with van der Waals surface area (Å²) in [6, 6.07) is 0.362. The number of nitrogens with one attached hydrogen (secondary N) is 1. The average Bonchev–Trinajstić information content (AvgIpc) is 2.75. The molecule has 1 amide bonds. The van der Waals surface area contributed by atoms with Crippen molar-refractivity contribution in [3.8, 4) is 0 Å². The predicted molar refractivity (Wildman–Crippen MR) is 71.1 cm³/mol. The minimum Gasteiger partial charge on any atom is -0.378 e. The van der Waals surface area contributed by atoms with Crippen LogP contribution < -0.4 is 11.1 Å². The zero-order chi connectivity index (χ0) is 13.0. The number of carbonyl (C=O) groups excluding carboxylic acids is 1. The zero-order valence-electron chi connectivity index (χ0n) is 11.4. The number of hydrogen-bond donors (Lipinski definition) is 2. The molecule has 4 nitrogen and oxygen atoms in total. The van der Waals surface area contributed by atoms with E-state index in [4.69, 9.17) is 10.5 Å². The van der Waals surface area contributed by atoms with E-state index in [1.165, 1.54) is 0 Å². The van der Waals surface area contributed by atoms with E-state index in [1.54, 1.807) is 0 Å².